The minimum atomic E-state index is -0.239. The van der Waals surface area contributed by atoms with E-state index in [9.17, 15) is 4.79 Å². The maximum atomic E-state index is 11.6. The number of hydrogen-bond acceptors (Lipinski definition) is 4. The third-order valence-corrected chi connectivity index (χ3v) is 2.79. The van der Waals surface area contributed by atoms with Gasteiger partial charge in [0, 0.05) is 0 Å². The molecule has 0 spiro atoms. The van der Waals surface area contributed by atoms with Gasteiger partial charge in [-0.3, -0.25) is 10.1 Å². The van der Waals surface area contributed by atoms with Crippen molar-refractivity contribution in [1.82, 2.24) is 10.6 Å². The predicted octanol–water partition coefficient (Wildman–Crippen LogP) is 1.83. The summed E-state index contributed by atoms with van der Waals surface area (Å²) >= 11 is 4.88. The van der Waals surface area contributed by atoms with Crippen molar-refractivity contribution in [2.24, 2.45) is 0 Å². The Morgan fingerprint density at radius 2 is 2.00 bits per heavy atom. The summed E-state index contributed by atoms with van der Waals surface area (Å²) in [5, 5.41) is 5.62. The number of thiocarbonyl (C=S) groups is 1. The van der Waals surface area contributed by atoms with Crippen molar-refractivity contribution in [2.75, 3.05) is 7.11 Å². The van der Waals surface area contributed by atoms with Gasteiger partial charge < -0.3 is 14.8 Å². The van der Waals surface area contributed by atoms with Crippen LogP contribution in [-0.4, -0.2) is 24.2 Å². The number of carbonyl (C=O) groups excluding carboxylic acids is 1. The first-order chi connectivity index (χ1) is 9.49. The number of carbonyl (C=O) groups is 1. The molecule has 1 aliphatic rings. The summed E-state index contributed by atoms with van der Waals surface area (Å²) in [6.07, 6.45) is 1.77. The van der Waals surface area contributed by atoms with Gasteiger partial charge in [-0.1, -0.05) is 6.07 Å². The van der Waals surface area contributed by atoms with Crippen molar-refractivity contribution in [3.63, 3.8) is 0 Å². The highest BCUT2D eigenvalue weighted by molar-refractivity contribution is 7.80. The van der Waals surface area contributed by atoms with E-state index in [1.807, 2.05) is 26.0 Å². The molecule has 2 rings (SSSR count). The highest BCUT2D eigenvalue weighted by Crippen LogP contribution is 2.29. The SMILES string of the molecule is COc1cc(C=C2NC(=S)NC2=O)ccc1OC(C)C. The molecule has 1 aromatic carbocycles. The molecule has 0 aromatic heterocycles. The molecule has 0 aliphatic carbocycles. The van der Waals surface area contributed by atoms with Crippen molar-refractivity contribution < 1.29 is 14.3 Å². The van der Waals surface area contributed by atoms with Crippen LogP contribution in [0.15, 0.2) is 23.9 Å². The van der Waals surface area contributed by atoms with Gasteiger partial charge in [0.25, 0.3) is 5.91 Å². The second kappa shape index (κ2) is 5.92. The predicted molar refractivity (Wildman–Crippen MR) is 80.6 cm³/mol. The Balaban J connectivity index is 2.28. The van der Waals surface area contributed by atoms with Gasteiger partial charge in [-0.15, -0.1) is 0 Å². The van der Waals surface area contributed by atoms with E-state index in [0.29, 0.717) is 22.3 Å². The lowest BCUT2D eigenvalue weighted by Crippen LogP contribution is -2.21. The second-order valence-electron chi connectivity index (χ2n) is 4.54. The molecule has 5 nitrogen and oxygen atoms in total. The molecule has 1 fully saturated rings. The van der Waals surface area contributed by atoms with E-state index >= 15 is 0 Å². The molecular formula is C14H16N2O3S. The highest BCUT2D eigenvalue weighted by atomic mass is 32.1. The molecule has 106 valence electrons. The molecule has 0 saturated carbocycles. The summed E-state index contributed by atoms with van der Waals surface area (Å²) < 4.78 is 10.9. The molecule has 0 unspecified atom stereocenters. The summed E-state index contributed by atoms with van der Waals surface area (Å²) in [6.45, 7) is 3.89. The van der Waals surface area contributed by atoms with Crippen LogP contribution in [0.1, 0.15) is 19.4 Å². The Bertz CT molecular complexity index is 582. The van der Waals surface area contributed by atoms with Gasteiger partial charge in [-0.2, -0.15) is 0 Å². The average molecular weight is 292 g/mol. The largest absolute Gasteiger partial charge is 0.493 e. The molecule has 0 radical (unpaired) electrons. The van der Waals surface area contributed by atoms with Crippen LogP contribution in [0.2, 0.25) is 0 Å². The van der Waals surface area contributed by atoms with Gasteiger partial charge in [0.15, 0.2) is 16.6 Å². The normalized spacial score (nSPS) is 16.3. The van der Waals surface area contributed by atoms with Crippen LogP contribution in [-0.2, 0) is 4.79 Å². The highest BCUT2D eigenvalue weighted by Gasteiger charge is 2.20. The number of amides is 1. The van der Waals surface area contributed by atoms with Gasteiger partial charge in [0.1, 0.15) is 5.70 Å². The number of methoxy groups -OCH3 is 1. The average Bonchev–Trinajstić information content (AvgIpc) is 2.69. The molecular weight excluding hydrogens is 276 g/mol. The maximum Gasteiger partial charge on any atom is 0.273 e. The lowest BCUT2D eigenvalue weighted by atomic mass is 10.1. The number of ether oxygens (including phenoxy) is 2. The van der Waals surface area contributed by atoms with Gasteiger partial charge in [-0.05, 0) is 49.8 Å². The number of hydrogen-bond donors (Lipinski definition) is 2. The van der Waals surface area contributed by atoms with Crippen molar-refractivity contribution in [3.05, 3.63) is 29.5 Å². The molecule has 6 heteroatoms. The van der Waals surface area contributed by atoms with Crippen LogP contribution in [0.5, 0.6) is 11.5 Å². The molecule has 1 amide bonds. The van der Waals surface area contributed by atoms with Gasteiger partial charge in [-0.25, -0.2) is 0 Å². The number of rotatable bonds is 4. The van der Waals surface area contributed by atoms with Crippen molar-refractivity contribution in [2.45, 2.75) is 20.0 Å². The zero-order valence-electron chi connectivity index (χ0n) is 11.5. The topological polar surface area (TPSA) is 59.6 Å². The summed E-state index contributed by atoms with van der Waals surface area (Å²) in [6, 6.07) is 5.47. The minimum Gasteiger partial charge on any atom is -0.493 e. The molecule has 1 aliphatic heterocycles. The first-order valence-corrected chi connectivity index (χ1v) is 6.59. The van der Waals surface area contributed by atoms with Crippen LogP contribution in [0, 0.1) is 0 Å². The van der Waals surface area contributed by atoms with Crippen LogP contribution in [0.4, 0.5) is 0 Å². The van der Waals surface area contributed by atoms with Crippen LogP contribution >= 0.6 is 12.2 Å². The lowest BCUT2D eigenvalue weighted by molar-refractivity contribution is -0.115. The van der Waals surface area contributed by atoms with Gasteiger partial charge in [0.2, 0.25) is 0 Å². The lowest BCUT2D eigenvalue weighted by Gasteiger charge is -2.13. The monoisotopic (exact) mass is 292 g/mol. The van der Waals surface area contributed by atoms with E-state index < -0.39 is 0 Å². The van der Waals surface area contributed by atoms with E-state index in [1.54, 1.807) is 19.3 Å². The van der Waals surface area contributed by atoms with Crippen LogP contribution in [0.25, 0.3) is 6.08 Å². The Kier molecular flexibility index (Phi) is 4.24. The molecule has 1 heterocycles. The van der Waals surface area contributed by atoms with Crippen molar-refractivity contribution in [1.29, 1.82) is 0 Å². The zero-order valence-corrected chi connectivity index (χ0v) is 12.3. The molecule has 0 bridgehead atoms. The Labute approximate surface area is 123 Å². The Hall–Kier alpha value is -2.08. The molecule has 1 aromatic rings. The van der Waals surface area contributed by atoms with E-state index in [0.717, 1.165) is 5.56 Å². The molecule has 0 atom stereocenters. The van der Waals surface area contributed by atoms with E-state index in [2.05, 4.69) is 10.6 Å². The standard InChI is InChI=1S/C14H16N2O3S/c1-8(2)19-11-5-4-9(7-12(11)18-3)6-10-13(17)16-14(20)15-10/h4-8H,1-3H3,(H2,15,16,17,20). The summed E-state index contributed by atoms with van der Waals surface area (Å²) in [5.41, 5.74) is 1.23. The maximum absolute atomic E-state index is 11.6. The van der Waals surface area contributed by atoms with E-state index in [4.69, 9.17) is 21.7 Å². The third kappa shape index (κ3) is 3.27. The van der Waals surface area contributed by atoms with Crippen molar-refractivity contribution in [3.8, 4) is 11.5 Å². The van der Waals surface area contributed by atoms with Crippen LogP contribution < -0.4 is 20.1 Å². The Morgan fingerprint density at radius 3 is 2.55 bits per heavy atom. The zero-order chi connectivity index (χ0) is 14.7. The molecule has 20 heavy (non-hydrogen) atoms. The van der Waals surface area contributed by atoms with Crippen molar-refractivity contribution >= 4 is 29.3 Å². The summed E-state index contributed by atoms with van der Waals surface area (Å²) in [5.74, 6) is 1.05. The number of nitrogens with one attached hydrogen (secondary N) is 2. The van der Waals surface area contributed by atoms with E-state index in [-0.39, 0.29) is 12.0 Å². The van der Waals surface area contributed by atoms with Gasteiger partial charge in [0.05, 0.1) is 13.2 Å². The minimum absolute atomic E-state index is 0.0627. The fourth-order valence-corrected chi connectivity index (χ4v) is 1.98. The smallest absolute Gasteiger partial charge is 0.273 e. The third-order valence-electron chi connectivity index (χ3n) is 2.58. The van der Waals surface area contributed by atoms with Crippen LogP contribution in [0.3, 0.4) is 0 Å². The molecule has 2 N–H and O–H groups in total. The summed E-state index contributed by atoms with van der Waals surface area (Å²) in [4.78, 5) is 11.6. The fraction of sp³-hybridized carbons (Fsp3) is 0.286. The first kappa shape index (κ1) is 14.3. The van der Waals surface area contributed by atoms with Gasteiger partial charge >= 0.3 is 0 Å². The fourth-order valence-electron chi connectivity index (χ4n) is 1.77. The van der Waals surface area contributed by atoms with E-state index in [1.165, 1.54) is 0 Å². The number of benzene rings is 1. The second-order valence-corrected chi connectivity index (χ2v) is 4.95. The Morgan fingerprint density at radius 1 is 1.25 bits per heavy atom. The first-order valence-electron chi connectivity index (χ1n) is 6.18. The molecule has 1 saturated heterocycles. The quantitative estimate of drug-likeness (QED) is 0.655. The summed E-state index contributed by atoms with van der Waals surface area (Å²) in [7, 11) is 1.58.